The number of urea groups is 1. The van der Waals surface area contributed by atoms with Gasteiger partial charge >= 0.3 is 12.0 Å². The quantitative estimate of drug-likeness (QED) is 0.752. The fraction of sp³-hybridized carbons (Fsp3) is 0.667. The Morgan fingerprint density at radius 1 is 1.55 bits per heavy atom. The molecule has 0 aromatic carbocycles. The zero-order valence-electron chi connectivity index (χ0n) is 11.5. The first-order valence-electron chi connectivity index (χ1n) is 6.49. The van der Waals surface area contributed by atoms with Crippen molar-refractivity contribution >= 4 is 12.0 Å². The van der Waals surface area contributed by atoms with Gasteiger partial charge in [0, 0.05) is 13.0 Å². The summed E-state index contributed by atoms with van der Waals surface area (Å²) < 4.78 is 4.78. The first-order chi connectivity index (χ1) is 9.41. The third-order valence-electron chi connectivity index (χ3n) is 3.73. The van der Waals surface area contributed by atoms with E-state index in [9.17, 15) is 14.7 Å². The van der Waals surface area contributed by atoms with E-state index in [1.54, 1.807) is 13.8 Å². The Kier molecular flexibility index (Phi) is 3.91. The molecule has 8 heteroatoms. The lowest BCUT2D eigenvalue weighted by atomic mass is 9.85. The van der Waals surface area contributed by atoms with Crippen molar-refractivity contribution in [1.82, 2.24) is 20.8 Å². The van der Waals surface area contributed by atoms with Crippen LogP contribution in [-0.4, -0.2) is 33.3 Å². The highest BCUT2D eigenvalue weighted by Crippen LogP contribution is 2.38. The van der Waals surface area contributed by atoms with Crippen LogP contribution in [0, 0.1) is 12.3 Å². The maximum absolute atomic E-state index is 11.8. The molecule has 2 amide bonds. The minimum Gasteiger partial charge on any atom is -0.481 e. The summed E-state index contributed by atoms with van der Waals surface area (Å²) in [6.07, 6.45) is 2.02. The van der Waals surface area contributed by atoms with E-state index >= 15 is 0 Å². The highest BCUT2D eigenvalue weighted by Gasteiger charge is 2.45. The molecule has 2 atom stereocenters. The molecule has 1 aromatic heterocycles. The van der Waals surface area contributed by atoms with Crippen molar-refractivity contribution in [1.29, 1.82) is 0 Å². The predicted octanol–water partition coefficient (Wildman–Crippen LogP) is 0.821. The number of hydrogen-bond acceptors (Lipinski definition) is 5. The van der Waals surface area contributed by atoms with Crippen molar-refractivity contribution in [3.05, 3.63) is 11.7 Å². The zero-order chi connectivity index (χ0) is 14.8. The molecule has 1 heterocycles. The number of rotatable bonds is 4. The summed E-state index contributed by atoms with van der Waals surface area (Å²) in [6.45, 7) is 3.46. The molecule has 0 spiro atoms. The number of carboxylic acids is 1. The summed E-state index contributed by atoms with van der Waals surface area (Å²) in [4.78, 5) is 27.0. The molecule has 8 nitrogen and oxygen atoms in total. The average Bonchev–Trinajstić information content (AvgIpc) is 2.95. The van der Waals surface area contributed by atoms with E-state index in [2.05, 4.69) is 20.8 Å². The smallest absolute Gasteiger partial charge is 0.315 e. The number of aromatic nitrogens is 2. The molecule has 2 unspecified atom stereocenters. The van der Waals surface area contributed by atoms with Crippen LogP contribution in [0.2, 0.25) is 0 Å². The summed E-state index contributed by atoms with van der Waals surface area (Å²) in [7, 11) is 0. The lowest BCUT2D eigenvalue weighted by Gasteiger charge is -2.27. The normalized spacial score (nSPS) is 25.4. The molecule has 1 aromatic rings. The second-order valence-corrected chi connectivity index (χ2v) is 5.22. The van der Waals surface area contributed by atoms with Crippen LogP contribution in [-0.2, 0) is 11.3 Å². The number of nitrogens with one attached hydrogen (secondary N) is 2. The van der Waals surface area contributed by atoms with Gasteiger partial charge in [0.1, 0.15) is 0 Å². The molecule has 1 saturated carbocycles. The fourth-order valence-electron chi connectivity index (χ4n) is 2.44. The number of carbonyl (C=O) groups excluding carboxylic acids is 1. The number of carboxylic acid groups (broad SMARTS) is 1. The molecule has 2 rings (SSSR count). The van der Waals surface area contributed by atoms with E-state index in [1.165, 1.54) is 0 Å². The topological polar surface area (TPSA) is 117 Å². The fourth-order valence-corrected chi connectivity index (χ4v) is 2.44. The lowest BCUT2D eigenvalue weighted by molar-refractivity contribution is -0.148. The molecule has 0 radical (unpaired) electrons. The van der Waals surface area contributed by atoms with E-state index < -0.39 is 17.4 Å². The van der Waals surface area contributed by atoms with E-state index in [-0.39, 0.29) is 12.6 Å². The average molecular weight is 282 g/mol. The molecule has 1 aliphatic carbocycles. The van der Waals surface area contributed by atoms with Gasteiger partial charge < -0.3 is 20.3 Å². The van der Waals surface area contributed by atoms with E-state index in [4.69, 9.17) is 4.52 Å². The van der Waals surface area contributed by atoms with Crippen LogP contribution in [0.5, 0.6) is 0 Å². The molecule has 110 valence electrons. The van der Waals surface area contributed by atoms with E-state index in [0.717, 1.165) is 6.42 Å². The maximum Gasteiger partial charge on any atom is 0.315 e. The minimum absolute atomic E-state index is 0.139. The standard InChI is InChI=1S/C12H18N4O4/c1-7-14-9(16-20-7)6-13-11(19)15-8-4-3-5-12(8,2)10(17)18/h8H,3-6H2,1-2H3,(H,17,18)(H2,13,15,19). The minimum atomic E-state index is -0.903. The zero-order valence-corrected chi connectivity index (χ0v) is 11.5. The van der Waals surface area contributed by atoms with E-state index in [1.807, 2.05) is 0 Å². The second kappa shape index (κ2) is 5.48. The number of nitrogens with zero attached hydrogens (tertiary/aromatic N) is 2. The van der Waals surface area contributed by atoms with Gasteiger partial charge in [-0.05, 0) is 19.8 Å². The van der Waals surface area contributed by atoms with E-state index in [0.29, 0.717) is 24.6 Å². The summed E-state index contributed by atoms with van der Waals surface area (Å²) >= 11 is 0. The molecule has 1 fully saturated rings. The third kappa shape index (κ3) is 2.89. The van der Waals surface area contributed by atoms with Crippen molar-refractivity contribution < 1.29 is 19.2 Å². The van der Waals surface area contributed by atoms with Gasteiger partial charge in [-0.25, -0.2) is 4.79 Å². The Bertz CT molecular complexity index is 515. The van der Waals surface area contributed by atoms with Crippen LogP contribution in [0.25, 0.3) is 0 Å². The monoisotopic (exact) mass is 282 g/mol. The number of carbonyl (C=O) groups is 2. The summed E-state index contributed by atoms with van der Waals surface area (Å²) in [5.74, 6) is -0.0735. The molecule has 0 aliphatic heterocycles. The van der Waals surface area contributed by atoms with Crippen LogP contribution in [0.1, 0.15) is 37.9 Å². The largest absolute Gasteiger partial charge is 0.481 e. The molecule has 1 aliphatic rings. The Morgan fingerprint density at radius 2 is 2.30 bits per heavy atom. The SMILES string of the molecule is Cc1nc(CNC(=O)NC2CCCC2(C)C(=O)O)no1. The lowest BCUT2D eigenvalue weighted by Crippen LogP contribution is -2.50. The number of aryl methyl sites for hydroxylation is 1. The number of hydrogen-bond donors (Lipinski definition) is 3. The summed E-state index contributed by atoms with van der Waals surface area (Å²) in [6, 6.07) is -0.793. The first-order valence-corrected chi connectivity index (χ1v) is 6.49. The Balaban J connectivity index is 1.86. The van der Waals surface area contributed by atoms with Crippen molar-refractivity contribution in [2.75, 3.05) is 0 Å². The van der Waals surface area contributed by atoms with Gasteiger partial charge in [0.2, 0.25) is 5.89 Å². The Labute approximate surface area is 115 Å². The highest BCUT2D eigenvalue weighted by atomic mass is 16.5. The van der Waals surface area contributed by atoms with Crippen LogP contribution in [0.3, 0.4) is 0 Å². The van der Waals surface area contributed by atoms with Crippen molar-refractivity contribution in [2.45, 2.75) is 45.7 Å². The molecular weight excluding hydrogens is 264 g/mol. The molecule has 3 N–H and O–H groups in total. The van der Waals surface area contributed by atoms with Crippen LogP contribution >= 0.6 is 0 Å². The second-order valence-electron chi connectivity index (χ2n) is 5.22. The molecule has 0 bridgehead atoms. The van der Waals surface area contributed by atoms with Gasteiger partial charge in [-0.15, -0.1) is 0 Å². The molecular formula is C12H18N4O4. The number of aliphatic carboxylic acids is 1. The van der Waals surface area contributed by atoms with Crippen molar-refractivity contribution in [3.8, 4) is 0 Å². The Morgan fingerprint density at radius 3 is 2.90 bits per heavy atom. The Hall–Kier alpha value is -2.12. The molecule has 20 heavy (non-hydrogen) atoms. The van der Waals surface area contributed by atoms with Crippen LogP contribution in [0.4, 0.5) is 4.79 Å². The maximum atomic E-state index is 11.8. The van der Waals surface area contributed by atoms with Crippen LogP contribution < -0.4 is 10.6 Å². The van der Waals surface area contributed by atoms with Gasteiger partial charge in [0.05, 0.1) is 12.0 Å². The van der Waals surface area contributed by atoms with Gasteiger partial charge in [-0.3, -0.25) is 4.79 Å². The van der Waals surface area contributed by atoms with Gasteiger partial charge in [-0.1, -0.05) is 11.6 Å². The third-order valence-corrected chi connectivity index (χ3v) is 3.73. The van der Waals surface area contributed by atoms with Gasteiger partial charge in [0.25, 0.3) is 0 Å². The van der Waals surface area contributed by atoms with Crippen molar-refractivity contribution in [3.63, 3.8) is 0 Å². The number of amides is 2. The van der Waals surface area contributed by atoms with Gasteiger partial charge in [0.15, 0.2) is 5.82 Å². The highest BCUT2D eigenvalue weighted by molar-refractivity contribution is 5.79. The predicted molar refractivity (Wildman–Crippen MR) is 67.8 cm³/mol. The van der Waals surface area contributed by atoms with Gasteiger partial charge in [-0.2, -0.15) is 4.98 Å². The van der Waals surface area contributed by atoms with Crippen molar-refractivity contribution in [2.24, 2.45) is 5.41 Å². The first kappa shape index (κ1) is 14.3. The summed E-state index contributed by atoms with van der Waals surface area (Å²) in [5, 5.41) is 18.2. The van der Waals surface area contributed by atoms with Crippen LogP contribution in [0.15, 0.2) is 4.52 Å². The molecule has 0 saturated heterocycles. The summed E-state index contributed by atoms with van der Waals surface area (Å²) in [5.41, 5.74) is -0.903.